The van der Waals surface area contributed by atoms with Gasteiger partial charge in [0.25, 0.3) is 0 Å². The van der Waals surface area contributed by atoms with Crippen LogP contribution in [0.1, 0.15) is 33.3 Å². The highest BCUT2D eigenvalue weighted by Crippen LogP contribution is 2.27. The smallest absolute Gasteiger partial charge is 0.233 e. The maximum Gasteiger partial charge on any atom is 0.233 e. The molecule has 3 rings (SSSR count). The van der Waals surface area contributed by atoms with Gasteiger partial charge in [0.05, 0.1) is 25.0 Å². The van der Waals surface area contributed by atoms with Gasteiger partial charge in [0.15, 0.2) is 5.16 Å². The zero-order valence-electron chi connectivity index (χ0n) is 17.0. The molecule has 0 aliphatic carbocycles. The number of carbonyl (C=O) groups excluding carboxylic acids is 1. The Morgan fingerprint density at radius 2 is 1.89 bits per heavy atom. The van der Waals surface area contributed by atoms with Crippen LogP contribution >= 0.6 is 11.8 Å². The summed E-state index contributed by atoms with van der Waals surface area (Å²) in [5.74, 6) is 0.831. The van der Waals surface area contributed by atoms with Crippen molar-refractivity contribution in [2.24, 2.45) is 0 Å². The van der Waals surface area contributed by atoms with Crippen LogP contribution in [-0.2, 0) is 16.1 Å². The summed E-state index contributed by atoms with van der Waals surface area (Å²) in [4.78, 5) is 14.7. The summed E-state index contributed by atoms with van der Waals surface area (Å²) in [6, 6.07) is 10.2. The van der Waals surface area contributed by atoms with Crippen molar-refractivity contribution in [2.45, 2.75) is 50.2 Å². The molecule has 1 aliphatic heterocycles. The molecular formula is C20H29N5O2S. The number of hydrogen-bond acceptors (Lipinski definition) is 6. The van der Waals surface area contributed by atoms with E-state index in [9.17, 15) is 4.79 Å². The van der Waals surface area contributed by atoms with E-state index in [1.165, 1.54) is 17.3 Å². The molecule has 1 aliphatic rings. The Labute approximate surface area is 170 Å². The van der Waals surface area contributed by atoms with Gasteiger partial charge < -0.3 is 15.0 Å². The Balaban J connectivity index is 1.83. The molecule has 1 atom stereocenters. The number of hydrogen-bond donors (Lipinski definition) is 1. The summed E-state index contributed by atoms with van der Waals surface area (Å²) in [5, 5.41) is 12.4. The molecule has 0 unspecified atom stereocenters. The second-order valence-electron chi connectivity index (χ2n) is 7.95. The van der Waals surface area contributed by atoms with Gasteiger partial charge in [-0.15, -0.1) is 10.2 Å². The normalized spacial score (nSPS) is 16.1. The zero-order chi connectivity index (χ0) is 20.1. The fourth-order valence-electron chi connectivity index (χ4n) is 2.95. The molecule has 7 nitrogen and oxygen atoms in total. The van der Waals surface area contributed by atoms with Gasteiger partial charge in [-0.05, 0) is 33.3 Å². The van der Waals surface area contributed by atoms with Gasteiger partial charge in [0, 0.05) is 18.6 Å². The van der Waals surface area contributed by atoms with Crippen molar-refractivity contribution < 1.29 is 9.53 Å². The Kier molecular flexibility index (Phi) is 6.61. The average molecular weight is 404 g/mol. The zero-order valence-corrected chi connectivity index (χ0v) is 17.8. The third kappa shape index (κ3) is 5.48. The minimum absolute atomic E-state index is 0.000293. The molecule has 1 aromatic heterocycles. The number of ether oxygens (including phenoxy) is 1. The van der Waals surface area contributed by atoms with Crippen LogP contribution in [0.15, 0.2) is 35.5 Å². The molecule has 0 bridgehead atoms. The van der Waals surface area contributed by atoms with Gasteiger partial charge >= 0.3 is 0 Å². The SMILES string of the molecule is C[C@H](Sc1nnc(N2CCOCC2)n1Cc1ccccc1)C(=O)NC(C)(C)C. The molecule has 2 heterocycles. The largest absolute Gasteiger partial charge is 0.378 e. The molecule has 1 amide bonds. The van der Waals surface area contributed by atoms with Crippen LogP contribution in [0.25, 0.3) is 0 Å². The van der Waals surface area contributed by atoms with Gasteiger partial charge in [-0.25, -0.2) is 0 Å². The number of benzene rings is 1. The summed E-state index contributed by atoms with van der Waals surface area (Å²) in [6.07, 6.45) is 0. The van der Waals surface area contributed by atoms with Crippen LogP contribution in [0.4, 0.5) is 5.95 Å². The summed E-state index contributed by atoms with van der Waals surface area (Å²) in [6.45, 7) is 11.5. The van der Waals surface area contributed by atoms with E-state index in [1.807, 2.05) is 45.9 Å². The van der Waals surface area contributed by atoms with E-state index >= 15 is 0 Å². The third-order valence-electron chi connectivity index (χ3n) is 4.32. The van der Waals surface area contributed by atoms with Gasteiger partial charge in [-0.1, -0.05) is 42.1 Å². The van der Waals surface area contributed by atoms with E-state index in [2.05, 4.69) is 37.1 Å². The summed E-state index contributed by atoms with van der Waals surface area (Å²) in [7, 11) is 0. The van der Waals surface area contributed by atoms with Crippen molar-refractivity contribution in [1.82, 2.24) is 20.1 Å². The van der Waals surface area contributed by atoms with Crippen LogP contribution in [0.3, 0.4) is 0 Å². The van der Waals surface area contributed by atoms with E-state index in [0.717, 1.165) is 24.2 Å². The molecule has 1 fully saturated rings. The first-order valence-electron chi connectivity index (χ1n) is 9.62. The van der Waals surface area contributed by atoms with Crippen LogP contribution < -0.4 is 10.2 Å². The molecule has 152 valence electrons. The second-order valence-corrected chi connectivity index (χ2v) is 9.26. The van der Waals surface area contributed by atoms with Crippen LogP contribution in [0.2, 0.25) is 0 Å². The molecule has 8 heteroatoms. The number of anilines is 1. The molecule has 0 spiro atoms. The lowest BCUT2D eigenvalue weighted by Gasteiger charge is -2.28. The molecule has 1 aromatic carbocycles. The Hall–Kier alpha value is -2.06. The maximum atomic E-state index is 12.5. The Morgan fingerprint density at radius 3 is 2.54 bits per heavy atom. The lowest BCUT2D eigenvalue weighted by atomic mass is 10.1. The van der Waals surface area contributed by atoms with Crippen molar-refractivity contribution in [3.8, 4) is 0 Å². The fraction of sp³-hybridized carbons (Fsp3) is 0.550. The lowest BCUT2D eigenvalue weighted by molar-refractivity contribution is -0.121. The number of nitrogens with one attached hydrogen (secondary N) is 1. The monoisotopic (exact) mass is 403 g/mol. The Bertz CT molecular complexity index is 782. The summed E-state index contributed by atoms with van der Waals surface area (Å²) in [5.41, 5.74) is 0.910. The first-order chi connectivity index (χ1) is 13.3. The van der Waals surface area contributed by atoms with E-state index in [4.69, 9.17) is 4.74 Å². The number of rotatable bonds is 6. The predicted molar refractivity (Wildman–Crippen MR) is 112 cm³/mol. The highest BCUT2D eigenvalue weighted by molar-refractivity contribution is 8.00. The topological polar surface area (TPSA) is 72.3 Å². The molecule has 0 saturated carbocycles. The predicted octanol–water partition coefficient (Wildman–Crippen LogP) is 2.56. The lowest BCUT2D eigenvalue weighted by Crippen LogP contribution is -2.44. The van der Waals surface area contributed by atoms with Crippen molar-refractivity contribution in [3.63, 3.8) is 0 Å². The molecular weight excluding hydrogens is 374 g/mol. The van der Waals surface area contributed by atoms with Crippen molar-refractivity contribution in [3.05, 3.63) is 35.9 Å². The highest BCUT2D eigenvalue weighted by atomic mass is 32.2. The van der Waals surface area contributed by atoms with E-state index in [1.54, 1.807) is 0 Å². The number of aromatic nitrogens is 3. The van der Waals surface area contributed by atoms with Crippen molar-refractivity contribution in [2.75, 3.05) is 31.2 Å². The molecule has 2 aromatic rings. The number of carbonyl (C=O) groups is 1. The fourth-order valence-corrected chi connectivity index (χ4v) is 3.80. The molecule has 1 saturated heterocycles. The van der Waals surface area contributed by atoms with E-state index in [0.29, 0.717) is 19.8 Å². The second kappa shape index (κ2) is 8.96. The van der Waals surface area contributed by atoms with Gasteiger partial charge in [-0.3, -0.25) is 9.36 Å². The minimum atomic E-state index is -0.268. The maximum absolute atomic E-state index is 12.5. The summed E-state index contributed by atoms with van der Waals surface area (Å²) < 4.78 is 7.57. The van der Waals surface area contributed by atoms with Crippen molar-refractivity contribution >= 4 is 23.6 Å². The minimum Gasteiger partial charge on any atom is -0.378 e. The molecule has 0 radical (unpaired) electrons. The number of thioether (sulfide) groups is 1. The van der Waals surface area contributed by atoms with Gasteiger partial charge in [0.1, 0.15) is 0 Å². The van der Waals surface area contributed by atoms with Gasteiger partial charge in [-0.2, -0.15) is 0 Å². The quantitative estimate of drug-likeness (QED) is 0.748. The highest BCUT2D eigenvalue weighted by Gasteiger charge is 2.25. The van der Waals surface area contributed by atoms with Crippen LogP contribution in [0, 0.1) is 0 Å². The average Bonchev–Trinajstić information content (AvgIpc) is 3.04. The molecule has 28 heavy (non-hydrogen) atoms. The number of nitrogens with zero attached hydrogens (tertiary/aromatic N) is 4. The molecule has 1 N–H and O–H groups in total. The van der Waals surface area contributed by atoms with E-state index < -0.39 is 0 Å². The number of morpholine rings is 1. The first-order valence-corrected chi connectivity index (χ1v) is 10.5. The van der Waals surface area contributed by atoms with E-state index in [-0.39, 0.29) is 16.7 Å². The standard InChI is InChI=1S/C20H29N5O2S/c1-15(17(26)21-20(2,3)4)28-19-23-22-18(24-10-12-27-13-11-24)25(19)14-16-8-6-5-7-9-16/h5-9,15H,10-14H2,1-4H3,(H,21,26)/t15-/m0/s1. The first kappa shape index (κ1) is 20.7. The van der Waals surface area contributed by atoms with Crippen LogP contribution in [0.5, 0.6) is 0 Å². The summed E-state index contributed by atoms with van der Waals surface area (Å²) >= 11 is 1.44. The van der Waals surface area contributed by atoms with Gasteiger partial charge in [0.2, 0.25) is 11.9 Å². The number of amides is 1. The third-order valence-corrected chi connectivity index (χ3v) is 5.40. The van der Waals surface area contributed by atoms with Crippen LogP contribution in [-0.4, -0.2) is 57.8 Å². The Morgan fingerprint density at radius 1 is 1.21 bits per heavy atom. The van der Waals surface area contributed by atoms with Crippen molar-refractivity contribution in [1.29, 1.82) is 0 Å².